The Kier molecular flexibility index (Phi) is 4.26. The lowest BCUT2D eigenvalue weighted by atomic mass is 10.0. The summed E-state index contributed by atoms with van der Waals surface area (Å²) in [4.78, 5) is 2.24. The predicted molar refractivity (Wildman–Crippen MR) is 76.1 cm³/mol. The van der Waals surface area contributed by atoms with Gasteiger partial charge in [0.15, 0.2) is 0 Å². The van der Waals surface area contributed by atoms with Crippen molar-refractivity contribution in [3.63, 3.8) is 0 Å². The zero-order valence-electron chi connectivity index (χ0n) is 11.8. The summed E-state index contributed by atoms with van der Waals surface area (Å²) in [6, 6.07) is 6.45. The number of aliphatic hydroxyl groups is 1. The number of rotatable bonds is 4. The molecule has 2 heterocycles. The molecule has 1 aromatic carbocycles. The maximum absolute atomic E-state index is 12.9. The topological polar surface area (TPSA) is 54.2 Å². The van der Waals surface area contributed by atoms with Crippen LogP contribution in [0.1, 0.15) is 30.6 Å². The third-order valence-corrected chi connectivity index (χ3v) is 4.06. The molecule has 1 aliphatic rings. The van der Waals surface area contributed by atoms with Crippen molar-refractivity contribution in [2.75, 3.05) is 19.6 Å². The minimum Gasteiger partial charge on any atom is -0.387 e. The molecule has 0 bridgehead atoms. The van der Waals surface area contributed by atoms with Crippen LogP contribution in [0.3, 0.4) is 0 Å². The fourth-order valence-electron chi connectivity index (χ4n) is 2.81. The Morgan fingerprint density at radius 3 is 2.57 bits per heavy atom. The van der Waals surface area contributed by atoms with Gasteiger partial charge in [-0.25, -0.2) is 9.07 Å². The molecule has 112 valence electrons. The van der Waals surface area contributed by atoms with Crippen LogP contribution in [0.25, 0.3) is 0 Å². The van der Waals surface area contributed by atoms with Crippen molar-refractivity contribution in [2.24, 2.45) is 0 Å². The van der Waals surface area contributed by atoms with E-state index in [2.05, 4.69) is 15.2 Å². The molecular formula is C15H19FN4O. The first kappa shape index (κ1) is 14.2. The molecule has 2 aromatic rings. The van der Waals surface area contributed by atoms with Crippen LogP contribution in [0.4, 0.5) is 4.39 Å². The smallest absolute Gasteiger partial charge is 0.123 e. The van der Waals surface area contributed by atoms with Gasteiger partial charge >= 0.3 is 0 Å². The van der Waals surface area contributed by atoms with Crippen molar-refractivity contribution in [3.8, 4) is 0 Å². The van der Waals surface area contributed by atoms with E-state index in [0.717, 1.165) is 31.5 Å². The van der Waals surface area contributed by atoms with Crippen molar-refractivity contribution in [2.45, 2.75) is 25.0 Å². The van der Waals surface area contributed by atoms with E-state index in [-0.39, 0.29) is 5.82 Å². The predicted octanol–water partition coefficient (Wildman–Crippen LogP) is 1.79. The lowest BCUT2D eigenvalue weighted by Gasteiger charge is -2.33. The molecular weight excluding hydrogens is 271 g/mol. The Hall–Kier alpha value is -1.79. The van der Waals surface area contributed by atoms with Crippen LogP contribution >= 0.6 is 0 Å². The van der Waals surface area contributed by atoms with Gasteiger partial charge in [-0.05, 0) is 30.5 Å². The van der Waals surface area contributed by atoms with Gasteiger partial charge in [-0.15, -0.1) is 5.10 Å². The standard InChI is InChI=1S/C15H19FN4O/c16-13-3-1-12(2-4-13)15(21)11-19-8-5-14(6-9-19)20-10-7-17-18-20/h1-4,7,10,14-15,21H,5-6,8-9,11H2. The van der Waals surface area contributed by atoms with Crippen molar-refractivity contribution in [3.05, 3.63) is 48.0 Å². The normalized spacial score (nSPS) is 18.8. The molecule has 3 rings (SSSR count). The van der Waals surface area contributed by atoms with Crippen LogP contribution in [0.15, 0.2) is 36.7 Å². The highest BCUT2D eigenvalue weighted by Crippen LogP contribution is 2.23. The SMILES string of the molecule is OC(CN1CCC(n2ccnn2)CC1)c1ccc(F)cc1. The number of benzene rings is 1. The molecule has 0 aliphatic carbocycles. The summed E-state index contributed by atoms with van der Waals surface area (Å²) in [6.07, 6.45) is 5.02. The maximum Gasteiger partial charge on any atom is 0.123 e. The molecule has 21 heavy (non-hydrogen) atoms. The first-order valence-electron chi connectivity index (χ1n) is 7.24. The average molecular weight is 290 g/mol. The van der Waals surface area contributed by atoms with Gasteiger partial charge in [-0.1, -0.05) is 17.3 Å². The molecule has 5 nitrogen and oxygen atoms in total. The monoisotopic (exact) mass is 290 g/mol. The van der Waals surface area contributed by atoms with Gasteiger partial charge in [0.1, 0.15) is 5.82 Å². The first-order valence-corrected chi connectivity index (χ1v) is 7.24. The first-order chi connectivity index (χ1) is 10.2. The Labute approximate surface area is 123 Å². The lowest BCUT2D eigenvalue weighted by Crippen LogP contribution is -2.37. The summed E-state index contributed by atoms with van der Waals surface area (Å²) in [6.45, 7) is 2.42. The van der Waals surface area contributed by atoms with Crippen molar-refractivity contribution in [1.82, 2.24) is 19.9 Å². The van der Waals surface area contributed by atoms with E-state index < -0.39 is 6.10 Å². The van der Waals surface area contributed by atoms with E-state index in [0.29, 0.717) is 12.6 Å². The Bertz CT molecular complexity index is 550. The lowest BCUT2D eigenvalue weighted by molar-refractivity contribution is 0.0887. The van der Waals surface area contributed by atoms with Crippen molar-refractivity contribution >= 4 is 0 Å². The molecule has 1 aliphatic heterocycles. The molecule has 1 atom stereocenters. The van der Waals surface area contributed by atoms with Crippen LogP contribution in [0.2, 0.25) is 0 Å². The van der Waals surface area contributed by atoms with Crippen molar-refractivity contribution < 1.29 is 9.50 Å². The molecule has 6 heteroatoms. The molecule has 1 aromatic heterocycles. The fourth-order valence-corrected chi connectivity index (χ4v) is 2.81. The third-order valence-electron chi connectivity index (χ3n) is 4.06. The molecule has 1 saturated heterocycles. The van der Waals surface area contributed by atoms with Crippen LogP contribution in [0.5, 0.6) is 0 Å². The fraction of sp³-hybridized carbons (Fsp3) is 0.467. The molecule has 1 fully saturated rings. The number of nitrogens with zero attached hydrogens (tertiary/aromatic N) is 4. The molecule has 1 N–H and O–H groups in total. The highest BCUT2D eigenvalue weighted by atomic mass is 19.1. The minimum atomic E-state index is -0.575. The summed E-state index contributed by atoms with van der Waals surface area (Å²) in [5.41, 5.74) is 0.759. The number of aromatic nitrogens is 3. The van der Waals surface area contributed by atoms with E-state index in [1.54, 1.807) is 18.3 Å². The van der Waals surface area contributed by atoms with E-state index in [1.807, 2.05) is 10.9 Å². The number of piperidine rings is 1. The number of hydrogen-bond donors (Lipinski definition) is 1. The zero-order valence-corrected chi connectivity index (χ0v) is 11.8. The highest BCUT2D eigenvalue weighted by Gasteiger charge is 2.22. The number of β-amino-alcohol motifs (C(OH)–C–C–N with tert-alkyl or cyclic N) is 1. The van der Waals surface area contributed by atoms with Gasteiger partial charge in [0.25, 0.3) is 0 Å². The summed E-state index contributed by atoms with van der Waals surface area (Å²) < 4.78 is 14.8. The van der Waals surface area contributed by atoms with Gasteiger partial charge in [-0.2, -0.15) is 0 Å². The van der Waals surface area contributed by atoms with Gasteiger partial charge < -0.3 is 10.0 Å². The van der Waals surface area contributed by atoms with Crippen LogP contribution in [-0.2, 0) is 0 Å². The van der Waals surface area contributed by atoms with Crippen molar-refractivity contribution in [1.29, 1.82) is 0 Å². The van der Waals surface area contributed by atoms with Crippen LogP contribution in [0, 0.1) is 5.82 Å². The quantitative estimate of drug-likeness (QED) is 0.932. The maximum atomic E-state index is 12.9. The summed E-state index contributed by atoms with van der Waals surface area (Å²) in [7, 11) is 0. The summed E-state index contributed by atoms with van der Waals surface area (Å²) in [5, 5.41) is 18.1. The number of aliphatic hydroxyl groups excluding tert-OH is 1. The van der Waals surface area contributed by atoms with E-state index in [9.17, 15) is 9.50 Å². The second-order valence-electron chi connectivity index (χ2n) is 5.48. The van der Waals surface area contributed by atoms with Gasteiger partial charge in [0.2, 0.25) is 0 Å². The Morgan fingerprint density at radius 1 is 1.24 bits per heavy atom. The summed E-state index contributed by atoms with van der Waals surface area (Å²) in [5.74, 6) is -0.278. The Morgan fingerprint density at radius 2 is 1.95 bits per heavy atom. The number of likely N-dealkylation sites (tertiary alicyclic amines) is 1. The van der Waals surface area contributed by atoms with Crippen LogP contribution in [-0.4, -0.2) is 44.6 Å². The second kappa shape index (κ2) is 6.32. The second-order valence-corrected chi connectivity index (χ2v) is 5.48. The van der Waals surface area contributed by atoms with Gasteiger partial charge in [-0.3, -0.25) is 0 Å². The largest absolute Gasteiger partial charge is 0.387 e. The minimum absolute atomic E-state index is 0.278. The molecule has 0 saturated carbocycles. The van der Waals surface area contributed by atoms with Crippen LogP contribution < -0.4 is 0 Å². The number of halogens is 1. The van der Waals surface area contributed by atoms with E-state index in [4.69, 9.17) is 0 Å². The van der Waals surface area contributed by atoms with Gasteiger partial charge in [0, 0.05) is 25.8 Å². The third kappa shape index (κ3) is 3.46. The Balaban J connectivity index is 1.52. The summed E-state index contributed by atoms with van der Waals surface area (Å²) >= 11 is 0. The van der Waals surface area contributed by atoms with E-state index >= 15 is 0 Å². The molecule has 0 spiro atoms. The highest BCUT2D eigenvalue weighted by molar-refractivity contribution is 5.18. The average Bonchev–Trinajstić information content (AvgIpc) is 3.03. The molecule has 0 amide bonds. The van der Waals surface area contributed by atoms with E-state index in [1.165, 1.54) is 12.1 Å². The number of hydrogen-bond acceptors (Lipinski definition) is 4. The molecule has 1 unspecified atom stereocenters. The van der Waals surface area contributed by atoms with Gasteiger partial charge in [0.05, 0.1) is 18.3 Å². The zero-order chi connectivity index (χ0) is 14.7. The molecule has 0 radical (unpaired) electrons.